The van der Waals surface area contributed by atoms with Crippen molar-refractivity contribution in [1.82, 2.24) is 0 Å². The van der Waals surface area contributed by atoms with Gasteiger partial charge in [0.15, 0.2) is 0 Å². The smallest absolute Gasteiger partial charge is 0.413 e. The highest BCUT2D eigenvalue weighted by molar-refractivity contribution is 5.87. The molecule has 0 fully saturated rings. The van der Waals surface area contributed by atoms with Crippen LogP contribution in [0.2, 0.25) is 0 Å². The van der Waals surface area contributed by atoms with E-state index in [1.54, 1.807) is 11.3 Å². The molecule has 0 saturated carbocycles. The van der Waals surface area contributed by atoms with Gasteiger partial charge in [-0.05, 0) is 6.92 Å². The van der Waals surface area contributed by atoms with Gasteiger partial charge in [0.05, 0.1) is 0 Å². The maximum atomic E-state index is 15.3. The number of hydrogen-bond acceptors (Lipinski definition) is 2. The van der Waals surface area contributed by atoms with E-state index in [0.29, 0.717) is 0 Å². The van der Waals surface area contributed by atoms with E-state index in [0.717, 1.165) is 0 Å². The van der Waals surface area contributed by atoms with Crippen LogP contribution in [0.3, 0.4) is 0 Å². The van der Waals surface area contributed by atoms with Gasteiger partial charge < -0.3 is 4.74 Å². The first kappa shape index (κ1) is 63.3. The number of carbonyl (C=O) groups is 1. The lowest BCUT2D eigenvalue weighted by atomic mass is 9.81. The molecule has 0 spiro atoms. The molecule has 0 amide bonds. The molecule has 0 saturated heterocycles. The largest absolute Gasteiger partial charge is 0.460 e. The molecule has 0 aliphatic heterocycles. The molecule has 0 aromatic rings. The van der Waals surface area contributed by atoms with Crippen LogP contribution in [0.1, 0.15) is 6.92 Å². The van der Waals surface area contributed by atoms with Crippen molar-refractivity contribution in [3.63, 3.8) is 0 Å². The molecule has 0 heterocycles. The van der Waals surface area contributed by atoms with Crippen molar-refractivity contribution in [3.8, 4) is 0 Å². The number of hydrogen-bond donors (Lipinski definition) is 0. The van der Waals surface area contributed by atoms with Crippen LogP contribution in [-0.4, -0.2) is 125 Å². The van der Waals surface area contributed by atoms with E-state index >= 15 is 4.39 Å². The van der Waals surface area contributed by atoms with Crippen LogP contribution in [-0.2, 0) is 9.53 Å². The third-order valence-corrected chi connectivity index (χ3v) is 8.02. The number of rotatable bonds is 19. The molecule has 2 nitrogen and oxygen atoms in total. The summed E-state index contributed by atoms with van der Waals surface area (Å²) in [5.41, 5.74) is -2.57. The summed E-state index contributed by atoms with van der Waals surface area (Å²) in [6, 6.07) is 0. The second-order valence-electron chi connectivity index (χ2n) is 12.5. The highest BCUT2D eigenvalue weighted by atomic mass is 19.5. The van der Waals surface area contributed by atoms with Gasteiger partial charge in [0, 0.05) is 5.57 Å². The van der Waals surface area contributed by atoms with Gasteiger partial charge in [0.25, 0.3) is 0 Å². The van der Waals surface area contributed by atoms with Gasteiger partial charge in [-0.1, -0.05) is 6.58 Å². The Hall–Kier alpha value is -3.66. The fourth-order valence-corrected chi connectivity index (χ4v) is 3.86. The third-order valence-electron chi connectivity index (χ3n) is 8.02. The summed E-state index contributed by atoms with van der Waals surface area (Å²) in [6.07, 6.45) is -17.1. The Morgan fingerprint density at radius 2 is 0.373 bits per heavy atom. The first-order valence-electron chi connectivity index (χ1n) is 14.2. The molecule has 1 unspecified atom stereocenters. The minimum absolute atomic E-state index is 0.567. The van der Waals surface area contributed by atoms with Crippen molar-refractivity contribution in [2.75, 3.05) is 0 Å². The summed E-state index contributed by atoms with van der Waals surface area (Å²) in [7, 11) is 0. The number of esters is 1. The Balaban J connectivity index is 8.56. The zero-order valence-electron chi connectivity index (χ0n) is 29.0. The van der Waals surface area contributed by atoms with E-state index in [1.807, 2.05) is 0 Å². The van der Waals surface area contributed by atoms with Crippen molar-refractivity contribution in [2.45, 2.75) is 126 Å². The minimum Gasteiger partial charge on any atom is -0.413 e. The van der Waals surface area contributed by atoms with E-state index in [-0.39, 0.29) is 0 Å². The molecule has 0 bridgehead atoms. The zero-order valence-corrected chi connectivity index (χ0v) is 29.0. The average molecular weight is 1100 g/mol. The fourth-order valence-electron chi connectivity index (χ4n) is 3.86. The lowest BCUT2D eigenvalue weighted by Crippen LogP contribution is -2.81. The van der Waals surface area contributed by atoms with Crippen LogP contribution in [0.15, 0.2) is 12.2 Å². The van der Waals surface area contributed by atoms with Gasteiger partial charge >= 0.3 is 125 Å². The van der Waals surface area contributed by atoms with Gasteiger partial charge in [0.1, 0.15) is 0 Å². The van der Waals surface area contributed by atoms with Crippen LogP contribution in [0.4, 0.5) is 180 Å². The highest BCUT2D eigenvalue weighted by Gasteiger charge is 3.03. The SMILES string of the molecule is C=C(C)C(=O)OC(F)(C(F)(F)C(F)(F)C(F)(F)C(F)(F)C(F)(F)C(F)(F)C(F)(F)F)C(F)(F)C(F)(F)C(F)(F)C(F)(F)C(F)(F)C(F)(F)C(F)(F)C(F)(F)C(F)(F)C(F)(F)C(F)(F)C(F)(F)F. The molecular formula is C24H5F41O2. The second-order valence-corrected chi connectivity index (χ2v) is 12.5. The molecule has 0 aliphatic carbocycles. The average Bonchev–Trinajstić information content (AvgIpc) is 3.08. The maximum Gasteiger partial charge on any atom is 0.460 e. The molecule has 0 aliphatic rings. The third kappa shape index (κ3) is 7.30. The van der Waals surface area contributed by atoms with E-state index in [2.05, 4.69) is 0 Å². The molecule has 0 radical (unpaired) electrons. The predicted octanol–water partition coefficient (Wildman–Crippen LogP) is 13.7. The molecule has 0 rings (SSSR count). The van der Waals surface area contributed by atoms with Crippen LogP contribution >= 0.6 is 0 Å². The Labute approximate surface area is 335 Å². The van der Waals surface area contributed by atoms with Crippen LogP contribution < -0.4 is 0 Å². The van der Waals surface area contributed by atoms with E-state index < -0.39 is 137 Å². The molecule has 0 aromatic heterocycles. The Morgan fingerprint density at radius 3 is 0.493 bits per heavy atom. The van der Waals surface area contributed by atoms with Gasteiger partial charge in [0.2, 0.25) is 0 Å². The first-order valence-corrected chi connectivity index (χ1v) is 14.2. The van der Waals surface area contributed by atoms with Crippen molar-refractivity contribution in [1.29, 1.82) is 0 Å². The van der Waals surface area contributed by atoms with Crippen LogP contribution in [0, 0.1) is 0 Å². The van der Waals surface area contributed by atoms with Crippen molar-refractivity contribution < 1.29 is 190 Å². The first-order chi connectivity index (χ1) is 28.1. The maximum absolute atomic E-state index is 15.3. The summed E-state index contributed by atoms with van der Waals surface area (Å²) < 4.78 is 565. The number of halogens is 41. The Kier molecular flexibility index (Phi) is 14.6. The highest BCUT2D eigenvalue weighted by Crippen LogP contribution is 2.71. The topological polar surface area (TPSA) is 26.3 Å². The monoisotopic (exact) mass is 1100 g/mol. The van der Waals surface area contributed by atoms with Crippen molar-refractivity contribution >= 4 is 5.97 Å². The van der Waals surface area contributed by atoms with E-state index in [9.17, 15) is 180 Å². The quantitative estimate of drug-likeness (QED) is 0.0732. The van der Waals surface area contributed by atoms with Gasteiger partial charge in [-0.3, -0.25) is 0 Å². The van der Waals surface area contributed by atoms with Gasteiger partial charge in [-0.25, -0.2) is 4.79 Å². The normalized spacial score (nSPS) is 17.6. The fraction of sp³-hybridized carbons (Fsp3) is 0.875. The van der Waals surface area contributed by atoms with E-state index in [4.69, 9.17) is 0 Å². The van der Waals surface area contributed by atoms with E-state index in [1.165, 1.54) is 0 Å². The van der Waals surface area contributed by atoms with Crippen molar-refractivity contribution in [2.24, 2.45) is 0 Å². The summed E-state index contributed by atoms with van der Waals surface area (Å²) in [5.74, 6) is -186. The lowest BCUT2D eigenvalue weighted by molar-refractivity contribution is -0.502. The summed E-state index contributed by atoms with van der Waals surface area (Å²) >= 11 is 0. The summed E-state index contributed by atoms with van der Waals surface area (Å²) in [5, 5.41) is 0. The molecule has 43 heteroatoms. The standard InChI is InChI=1S/C24H5F41O2/c1-3(2)4(66)67-22(59,19(53,54)15(45,46)11(37,38)13(41,42)17(49,50)21(57,58)24(63,64)65)18(51,52)14(43,44)10(35,36)8(31,32)6(27,28)5(25,26)7(29,30)9(33,34)12(39,40)16(47,48)20(55,56)23(60,61)62/h1H2,2H3. The number of ether oxygens (including phenoxy) is 1. The molecule has 1 atom stereocenters. The molecule has 67 heavy (non-hydrogen) atoms. The summed E-state index contributed by atoms with van der Waals surface area (Å²) in [6.45, 7) is 1.24. The van der Waals surface area contributed by atoms with Gasteiger partial charge in [-0.2, -0.15) is 180 Å². The second kappa shape index (κ2) is 15.4. The molecular weight excluding hydrogens is 1100 g/mol. The lowest BCUT2D eigenvalue weighted by Gasteiger charge is -2.48. The van der Waals surface area contributed by atoms with Crippen LogP contribution in [0.5, 0.6) is 0 Å². The minimum atomic E-state index is -10.6. The number of carbonyl (C=O) groups excluding carboxylic acids is 1. The Bertz CT molecular complexity index is 1860. The van der Waals surface area contributed by atoms with Gasteiger partial charge in [-0.15, -0.1) is 0 Å². The molecule has 400 valence electrons. The number of alkyl halides is 41. The summed E-state index contributed by atoms with van der Waals surface area (Å²) in [4.78, 5) is 11.4. The predicted molar refractivity (Wildman–Crippen MR) is 121 cm³/mol. The van der Waals surface area contributed by atoms with Crippen molar-refractivity contribution in [3.05, 3.63) is 12.2 Å². The Morgan fingerprint density at radius 1 is 0.254 bits per heavy atom. The van der Waals surface area contributed by atoms with Crippen LogP contribution in [0.25, 0.3) is 0 Å². The molecule has 0 aromatic carbocycles. The molecule has 0 N–H and O–H groups in total. The zero-order chi connectivity index (χ0) is 55.9.